The zero-order valence-electron chi connectivity index (χ0n) is 24.0. The molecule has 0 fully saturated rings. The zero-order chi connectivity index (χ0) is 32.1. The molecule has 7 nitrogen and oxygen atoms in total. The molecule has 2 aliphatic carbocycles. The maximum absolute atomic E-state index is 14.7. The Morgan fingerprint density at radius 1 is 1.07 bits per heavy atom. The number of aryl methyl sites for hydroxylation is 2. The van der Waals surface area contributed by atoms with E-state index in [0.717, 1.165) is 35.7 Å². The molecule has 2 aromatic heterocycles. The molecule has 0 saturated carbocycles. The largest absolute Gasteiger partial charge is 0.440 e. The number of sulfone groups is 1. The standard InChI is InChI=1S/C30H27F6N3O4S/c1-15-5-6-19(13-25(15)44(4,40)41)18-7-9-23(39-14-26(30(34,35)36)37-16(39)2)21(11-18)27-28(42-17(3)38-27)20-8-10-24(22(31)12-20)43-29(32)33/h5-6,8,10-12,14,25,29H,7,9,13H2,1-4H3. The maximum atomic E-state index is 14.7. The van der Waals surface area contributed by atoms with E-state index in [4.69, 9.17) is 4.42 Å². The summed E-state index contributed by atoms with van der Waals surface area (Å²) in [5.74, 6) is -1.50. The Morgan fingerprint density at radius 2 is 1.80 bits per heavy atom. The van der Waals surface area contributed by atoms with Crippen molar-refractivity contribution in [3.63, 3.8) is 0 Å². The van der Waals surface area contributed by atoms with Gasteiger partial charge in [-0.15, -0.1) is 0 Å². The smallest absolute Gasteiger partial charge is 0.434 e. The summed E-state index contributed by atoms with van der Waals surface area (Å²) in [6, 6.07) is 3.25. The van der Waals surface area contributed by atoms with Crippen LogP contribution in [0.2, 0.25) is 0 Å². The van der Waals surface area contributed by atoms with E-state index >= 15 is 0 Å². The fourth-order valence-corrected chi connectivity index (χ4v) is 6.68. The normalized spacial score (nSPS) is 18.0. The molecule has 0 amide bonds. The molecule has 2 aliphatic rings. The van der Waals surface area contributed by atoms with Crippen LogP contribution in [0.3, 0.4) is 0 Å². The summed E-state index contributed by atoms with van der Waals surface area (Å²) in [4.78, 5) is 8.19. The molecule has 0 radical (unpaired) electrons. The number of ether oxygens (including phenoxy) is 1. The van der Waals surface area contributed by atoms with Gasteiger partial charge in [0.05, 0.1) is 5.25 Å². The monoisotopic (exact) mass is 639 g/mol. The molecular formula is C30H27F6N3O4S. The molecule has 0 aliphatic heterocycles. The first kappa shape index (κ1) is 31.4. The van der Waals surface area contributed by atoms with Crippen molar-refractivity contribution >= 4 is 21.1 Å². The lowest BCUT2D eigenvalue weighted by Crippen LogP contribution is -2.24. The van der Waals surface area contributed by atoms with E-state index in [1.807, 2.05) is 6.08 Å². The van der Waals surface area contributed by atoms with Crippen molar-refractivity contribution in [1.29, 1.82) is 0 Å². The quantitative estimate of drug-likeness (QED) is 0.247. The fourth-order valence-electron chi connectivity index (χ4n) is 5.44. The van der Waals surface area contributed by atoms with Gasteiger partial charge in [0, 0.05) is 36.2 Å². The van der Waals surface area contributed by atoms with Crippen LogP contribution in [-0.2, 0) is 16.0 Å². The first-order chi connectivity index (χ1) is 20.5. The molecular weight excluding hydrogens is 612 g/mol. The summed E-state index contributed by atoms with van der Waals surface area (Å²) in [7, 11) is -3.42. The van der Waals surface area contributed by atoms with Crippen LogP contribution in [-0.4, -0.2) is 41.1 Å². The molecule has 0 N–H and O–H groups in total. The van der Waals surface area contributed by atoms with Crippen LogP contribution < -0.4 is 4.74 Å². The van der Waals surface area contributed by atoms with E-state index in [-0.39, 0.29) is 41.6 Å². The van der Waals surface area contributed by atoms with E-state index in [9.17, 15) is 34.8 Å². The van der Waals surface area contributed by atoms with Crippen molar-refractivity contribution in [1.82, 2.24) is 14.5 Å². The van der Waals surface area contributed by atoms with Gasteiger partial charge in [-0.3, -0.25) is 0 Å². The minimum absolute atomic E-state index is 0.0474. The van der Waals surface area contributed by atoms with Crippen molar-refractivity contribution in [2.45, 2.75) is 58.1 Å². The summed E-state index contributed by atoms with van der Waals surface area (Å²) in [6.07, 6.45) is 3.43. The van der Waals surface area contributed by atoms with Gasteiger partial charge in [0.2, 0.25) is 0 Å². The highest BCUT2D eigenvalue weighted by molar-refractivity contribution is 7.91. The first-order valence-corrected chi connectivity index (χ1v) is 15.3. The number of allylic oxidation sites excluding steroid dienone is 7. The summed E-state index contributed by atoms with van der Waals surface area (Å²) in [5, 5.41) is -0.732. The molecule has 44 heavy (non-hydrogen) atoms. The lowest BCUT2D eigenvalue weighted by atomic mass is 9.85. The third-order valence-corrected chi connectivity index (χ3v) is 9.09. The van der Waals surface area contributed by atoms with Crippen molar-refractivity contribution in [2.24, 2.45) is 0 Å². The van der Waals surface area contributed by atoms with Crippen LogP contribution in [0.25, 0.3) is 22.6 Å². The summed E-state index contributed by atoms with van der Waals surface area (Å²) >= 11 is 0. The van der Waals surface area contributed by atoms with E-state index in [1.165, 1.54) is 24.5 Å². The van der Waals surface area contributed by atoms with Crippen LogP contribution in [0.15, 0.2) is 63.8 Å². The Kier molecular flexibility index (Phi) is 8.16. The van der Waals surface area contributed by atoms with Crippen LogP contribution in [0.1, 0.15) is 49.3 Å². The SMILES string of the molecule is CC1=CC=C(C2=CC(c3nc(C)oc3-c3ccc(OC(F)F)c(F)c3)=C(n3cc(C(F)(F)F)nc3C)CC2)CC1S(C)(=O)=O. The van der Waals surface area contributed by atoms with E-state index in [0.29, 0.717) is 23.3 Å². The van der Waals surface area contributed by atoms with Gasteiger partial charge in [-0.05, 0) is 68.5 Å². The number of imidazole rings is 1. The minimum Gasteiger partial charge on any atom is -0.440 e. The Bertz CT molecular complexity index is 1860. The lowest BCUT2D eigenvalue weighted by molar-refractivity contribution is -0.141. The molecule has 1 unspecified atom stereocenters. The van der Waals surface area contributed by atoms with Gasteiger partial charge < -0.3 is 13.7 Å². The van der Waals surface area contributed by atoms with E-state index in [1.54, 1.807) is 19.1 Å². The molecule has 0 spiro atoms. The predicted molar refractivity (Wildman–Crippen MR) is 151 cm³/mol. The Labute approximate surface area is 249 Å². The first-order valence-electron chi connectivity index (χ1n) is 13.4. The Hall–Kier alpha value is -4.07. The van der Waals surface area contributed by atoms with Crippen LogP contribution in [0.5, 0.6) is 5.75 Å². The third kappa shape index (κ3) is 6.26. The van der Waals surface area contributed by atoms with Crippen molar-refractivity contribution in [3.8, 4) is 17.1 Å². The highest BCUT2D eigenvalue weighted by atomic mass is 32.2. The van der Waals surface area contributed by atoms with Gasteiger partial charge in [-0.25, -0.2) is 22.8 Å². The summed E-state index contributed by atoms with van der Waals surface area (Å²) in [6.45, 7) is 1.45. The molecule has 0 saturated heterocycles. The number of benzene rings is 1. The number of halogens is 6. The van der Waals surface area contributed by atoms with Gasteiger partial charge in [0.15, 0.2) is 38.7 Å². The fraction of sp³-hybridized carbons (Fsp3) is 0.333. The average molecular weight is 640 g/mol. The summed E-state index contributed by atoms with van der Waals surface area (Å²) < 4.78 is 117. The number of hydrogen-bond acceptors (Lipinski definition) is 6. The van der Waals surface area contributed by atoms with Gasteiger partial charge in [-0.1, -0.05) is 17.7 Å². The second-order valence-corrected chi connectivity index (χ2v) is 12.9. The number of nitrogens with zero attached hydrogens (tertiary/aromatic N) is 3. The lowest BCUT2D eigenvalue weighted by Gasteiger charge is -2.27. The van der Waals surface area contributed by atoms with Crippen LogP contribution in [0, 0.1) is 19.7 Å². The number of alkyl halides is 5. The second-order valence-electron chi connectivity index (χ2n) is 10.6. The summed E-state index contributed by atoms with van der Waals surface area (Å²) in [5.41, 5.74) is 2.13. The van der Waals surface area contributed by atoms with E-state index < -0.39 is 45.1 Å². The average Bonchev–Trinajstić information content (AvgIpc) is 3.51. The topological polar surface area (TPSA) is 87.2 Å². The zero-order valence-corrected chi connectivity index (χ0v) is 24.8. The highest BCUT2D eigenvalue weighted by Crippen LogP contribution is 2.43. The number of hydrogen-bond donors (Lipinski definition) is 0. The van der Waals surface area contributed by atoms with Gasteiger partial charge in [0.1, 0.15) is 11.5 Å². The molecule has 234 valence electrons. The molecule has 1 atom stereocenters. The maximum Gasteiger partial charge on any atom is 0.434 e. The molecule has 1 aromatic carbocycles. The number of rotatable bonds is 7. The third-order valence-electron chi connectivity index (χ3n) is 7.51. The predicted octanol–water partition coefficient (Wildman–Crippen LogP) is 7.69. The van der Waals surface area contributed by atoms with Gasteiger partial charge in [-0.2, -0.15) is 22.0 Å². The van der Waals surface area contributed by atoms with Crippen molar-refractivity contribution in [2.75, 3.05) is 6.26 Å². The van der Waals surface area contributed by atoms with Crippen LogP contribution in [0.4, 0.5) is 26.3 Å². The van der Waals surface area contributed by atoms with Gasteiger partial charge in [0.25, 0.3) is 0 Å². The minimum atomic E-state index is -4.70. The molecule has 3 aromatic rings. The van der Waals surface area contributed by atoms with Crippen molar-refractivity contribution in [3.05, 3.63) is 88.3 Å². The molecule has 14 heteroatoms. The van der Waals surface area contributed by atoms with Crippen LogP contribution >= 0.6 is 0 Å². The molecule has 2 heterocycles. The number of aromatic nitrogens is 3. The highest BCUT2D eigenvalue weighted by Gasteiger charge is 2.36. The van der Waals surface area contributed by atoms with E-state index in [2.05, 4.69) is 14.7 Å². The molecule has 0 bridgehead atoms. The Morgan fingerprint density at radius 3 is 2.41 bits per heavy atom. The number of oxazole rings is 1. The Balaban J connectivity index is 1.70. The van der Waals surface area contributed by atoms with Gasteiger partial charge >= 0.3 is 12.8 Å². The van der Waals surface area contributed by atoms with Crippen molar-refractivity contribution < 1.29 is 43.9 Å². The second kappa shape index (κ2) is 11.5. The molecule has 5 rings (SSSR count).